The fraction of sp³-hybridized carbons (Fsp3) is 0.462. The van der Waals surface area contributed by atoms with Gasteiger partial charge in [0.15, 0.2) is 17.8 Å². The van der Waals surface area contributed by atoms with Crippen LogP contribution in [0.25, 0.3) is 5.65 Å². The molecule has 1 saturated heterocycles. The minimum atomic E-state index is 0.417. The summed E-state index contributed by atoms with van der Waals surface area (Å²) in [7, 11) is 2.14. The summed E-state index contributed by atoms with van der Waals surface area (Å²) in [4.78, 5) is 17.8. The minimum Gasteiger partial charge on any atom is -0.306 e. The van der Waals surface area contributed by atoms with E-state index in [2.05, 4.69) is 22.0 Å². The van der Waals surface area contributed by atoms with E-state index in [-0.39, 0.29) is 0 Å². The first kappa shape index (κ1) is 11.3. The summed E-state index contributed by atoms with van der Waals surface area (Å²) >= 11 is 0. The lowest BCUT2D eigenvalue weighted by Crippen LogP contribution is -2.29. The number of nitrogens with zero attached hydrogens (tertiary/aromatic N) is 4. The molecule has 0 aliphatic carbocycles. The smallest absolute Gasteiger partial charge is 0.168 e. The molecule has 5 nitrogen and oxygen atoms in total. The molecule has 18 heavy (non-hydrogen) atoms. The van der Waals surface area contributed by atoms with Gasteiger partial charge in [0, 0.05) is 5.92 Å². The van der Waals surface area contributed by atoms with Crippen molar-refractivity contribution in [1.82, 2.24) is 19.5 Å². The number of likely N-dealkylation sites (tertiary alicyclic amines) is 1. The van der Waals surface area contributed by atoms with Crippen molar-refractivity contribution in [3.63, 3.8) is 0 Å². The first-order valence-electron chi connectivity index (χ1n) is 6.27. The lowest BCUT2D eigenvalue weighted by atomic mass is 9.97. The van der Waals surface area contributed by atoms with Gasteiger partial charge in [-0.05, 0) is 45.1 Å². The fourth-order valence-corrected chi connectivity index (χ4v) is 2.47. The summed E-state index contributed by atoms with van der Waals surface area (Å²) < 4.78 is 1.64. The van der Waals surface area contributed by atoms with Crippen LogP contribution in [0.3, 0.4) is 0 Å². The van der Waals surface area contributed by atoms with Crippen LogP contribution in [-0.4, -0.2) is 45.9 Å². The number of hydrogen-bond acceptors (Lipinski definition) is 4. The third kappa shape index (κ3) is 1.90. The van der Waals surface area contributed by atoms with Crippen LogP contribution in [0.5, 0.6) is 0 Å². The normalized spacial score (nSPS) is 18.3. The van der Waals surface area contributed by atoms with E-state index in [1.165, 1.54) is 0 Å². The molecule has 5 heteroatoms. The van der Waals surface area contributed by atoms with Crippen LogP contribution >= 0.6 is 0 Å². The Morgan fingerprint density at radius 3 is 2.83 bits per heavy atom. The molecule has 0 bridgehead atoms. The first-order valence-corrected chi connectivity index (χ1v) is 6.27. The highest BCUT2D eigenvalue weighted by Gasteiger charge is 2.22. The van der Waals surface area contributed by atoms with Gasteiger partial charge in [-0.25, -0.2) is 9.50 Å². The Kier molecular flexibility index (Phi) is 2.83. The largest absolute Gasteiger partial charge is 0.306 e. The van der Waals surface area contributed by atoms with Crippen LogP contribution < -0.4 is 0 Å². The van der Waals surface area contributed by atoms with Crippen LogP contribution in [0.15, 0.2) is 18.2 Å². The highest BCUT2D eigenvalue weighted by Crippen LogP contribution is 2.25. The maximum Gasteiger partial charge on any atom is 0.168 e. The van der Waals surface area contributed by atoms with Crippen LogP contribution in [0.2, 0.25) is 0 Å². The number of pyridine rings is 1. The van der Waals surface area contributed by atoms with Crippen molar-refractivity contribution in [2.75, 3.05) is 20.1 Å². The molecule has 2 aromatic heterocycles. The van der Waals surface area contributed by atoms with Gasteiger partial charge in [-0.2, -0.15) is 5.10 Å². The molecule has 3 rings (SSSR count). The summed E-state index contributed by atoms with van der Waals surface area (Å²) in [6.07, 6.45) is 2.99. The Balaban J connectivity index is 1.96. The van der Waals surface area contributed by atoms with Gasteiger partial charge in [0.2, 0.25) is 0 Å². The van der Waals surface area contributed by atoms with Gasteiger partial charge < -0.3 is 4.90 Å². The van der Waals surface area contributed by atoms with Gasteiger partial charge >= 0.3 is 0 Å². The van der Waals surface area contributed by atoms with Gasteiger partial charge in [0.05, 0.1) is 0 Å². The zero-order valence-corrected chi connectivity index (χ0v) is 10.4. The van der Waals surface area contributed by atoms with Crippen molar-refractivity contribution >= 4 is 11.9 Å². The summed E-state index contributed by atoms with van der Waals surface area (Å²) in [6, 6.07) is 5.48. The summed E-state index contributed by atoms with van der Waals surface area (Å²) in [5.41, 5.74) is 1.31. The molecule has 2 aromatic rings. The third-order valence-electron chi connectivity index (χ3n) is 3.61. The van der Waals surface area contributed by atoms with Crippen LogP contribution in [0.1, 0.15) is 35.1 Å². The van der Waals surface area contributed by atoms with Crippen molar-refractivity contribution in [2.45, 2.75) is 18.8 Å². The zero-order chi connectivity index (χ0) is 12.5. The SMILES string of the molecule is CN1CCC(c2nc3cccc(C=O)n3n2)CC1. The molecule has 1 fully saturated rings. The highest BCUT2D eigenvalue weighted by molar-refractivity contribution is 5.73. The molecule has 0 saturated carbocycles. The van der Waals surface area contributed by atoms with Crippen molar-refractivity contribution in [3.05, 3.63) is 29.7 Å². The van der Waals surface area contributed by atoms with E-state index in [0.29, 0.717) is 11.6 Å². The average Bonchev–Trinajstić information content (AvgIpc) is 2.83. The van der Waals surface area contributed by atoms with Crippen LogP contribution in [-0.2, 0) is 0 Å². The van der Waals surface area contributed by atoms with E-state index < -0.39 is 0 Å². The van der Waals surface area contributed by atoms with E-state index in [1.807, 2.05) is 12.1 Å². The number of aldehydes is 1. The van der Waals surface area contributed by atoms with Gasteiger partial charge in [-0.1, -0.05) is 6.07 Å². The highest BCUT2D eigenvalue weighted by atomic mass is 16.1. The standard InChI is InChI=1S/C13H16N4O/c1-16-7-5-10(6-8-16)13-14-12-4-2-3-11(9-18)17(12)15-13/h2-4,9-10H,5-8H2,1H3. The zero-order valence-electron chi connectivity index (χ0n) is 10.4. The number of hydrogen-bond donors (Lipinski definition) is 0. The molecule has 0 atom stereocenters. The molecular weight excluding hydrogens is 228 g/mol. The van der Waals surface area contributed by atoms with E-state index >= 15 is 0 Å². The number of piperidine rings is 1. The fourth-order valence-electron chi connectivity index (χ4n) is 2.47. The molecule has 3 heterocycles. The Labute approximate surface area is 105 Å². The van der Waals surface area contributed by atoms with Crippen molar-refractivity contribution < 1.29 is 4.79 Å². The minimum absolute atomic E-state index is 0.417. The number of aromatic nitrogens is 3. The van der Waals surface area contributed by atoms with Crippen LogP contribution in [0.4, 0.5) is 0 Å². The molecule has 0 spiro atoms. The molecular formula is C13H16N4O. The molecule has 0 N–H and O–H groups in total. The Morgan fingerprint density at radius 1 is 1.33 bits per heavy atom. The predicted molar refractivity (Wildman–Crippen MR) is 67.8 cm³/mol. The second kappa shape index (κ2) is 4.49. The Hall–Kier alpha value is -1.75. The van der Waals surface area contributed by atoms with Gasteiger partial charge in [-0.3, -0.25) is 4.79 Å². The monoisotopic (exact) mass is 244 g/mol. The molecule has 94 valence electrons. The Bertz CT molecular complexity index is 569. The maximum absolute atomic E-state index is 11.0. The van der Waals surface area contributed by atoms with Crippen molar-refractivity contribution in [3.8, 4) is 0 Å². The van der Waals surface area contributed by atoms with Gasteiger partial charge in [-0.15, -0.1) is 0 Å². The number of rotatable bonds is 2. The number of fused-ring (bicyclic) bond motifs is 1. The lowest BCUT2D eigenvalue weighted by molar-refractivity contribution is 0.111. The van der Waals surface area contributed by atoms with Crippen molar-refractivity contribution in [2.24, 2.45) is 0 Å². The molecule has 1 aliphatic rings. The molecule has 1 aliphatic heterocycles. The predicted octanol–water partition coefficient (Wildman–Crippen LogP) is 1.35. The lowest BCUT2D eigenvalue weighted by Gasteiger charge is -2.26. The summed E-state index contributed by atoms with van der Waals surface area (Å²) in [5, 5.41) is 4.49. The van der Waals surface area contributed by atoms with E-state index in [9.17, 15) is 4.79 Å². The topological polar surface area (TPSA) is 50.5 Å². The first-order chi connectivity index (χ1) is 8.78. The molecule has 0 radical (unpaired) electrons. The van der Waals surface area contributed by atoms with E-state index in [1.54, 1.807) is 10.6 Å². The third-order valence-corrected chi connectivity index (χ3v) is 3.61. The average molecular weight is 244 g/mol. The van der Waals surface area contributed by atoms with Gasteiger partial charge in [0.25, 0.3) is 0 Å². The second-order valence-corrected chi connectivity index (χ2v) is 4.89. The summed E-state index contributed by atoms with van der Waals surface area (Å²) in [5.74, 6) is 1.29. The number of carbonyl (C=O) groups is 1. The molecule has 0 unspecified atom stereocenters. The van der Waals surface area contributed by atoms with E-state index in [0.717, 1.165) is 43.7 Å². The maximum atomic E-state index is 11.0. The van der Waals surface area contributed by atoms with Crippen LogP contribution in [0, 0.1) is 0 Å². The van der Waals surface area contributed by atoms with Crippen molar-refractivity contribution in [1.29, 1.82) is 0 Å². The molecule has 0 amide bonds. The quantitative estimate of drug-likeness (QED) is 0.748. The number of carbonyl (C=O) groups excluding carboxylic acids is 1. The van der Waals surface area contributed by atoms with E-state index in [4.69, 9.17) is 0 Å². The Morgan fingerprint density at radius 2 is 2.11 bits per heavy atom. The molecule has 0 aromatic carbocycles. The van der Waals surface area contributed by atoms with Gasteiger partial charge in [0.1, 0.15) is 5.69 Å². The second-order valence-electron chi connectivity index (χ2n) is 4.89. The summed E-state index contributed by atoms with van der Waals surface area (Å²) in [6.45, 7) is 2.17.